The Morgan fingerprint density at radius 3 is 2.85 bits per heavy atom. The molecule has 0 radical (unpaired) electrons. The standard InChI is InChI=1S/C15H21N3O2/c1-3-4-13(16)15(20)17-12-5-6-14-11(9-12)7-8-18(14)10(2)19/h5-6,9,13H,3-4,7-8,16H2,1-2H3,(H,17,20)/t13-/m0/s1. The molecule has 0 spiro atoms. The summed E-state index contributed by atoms with van der Waals surface area (Å²) in [7, 11) is 0. The van der Waals surface area contributed by atoms with Crippen molar-refractivity contribution in [1.29, 1.82) is 0 Å². The van der Waals surface area contributed by atoms with Gasteiger partial charge >= 0.3 is 0 Å². The summed E-state index contributed by atoms with van der Waals surface area (Å²) in [6.07, 6.45) is 2.38. The van der Waals surface area contributed by atoms with Gasteiger partial charge in [0.1, 0.15) is 0 Å². The van der Waals surface area contributed by atoms with E-state index in [4.69, 9.17) is 5.73 Å². The lowest BCUT2D eigenvalue weighted by molar-refractivity contribution is -0.118. The normalized spacial score (nSPS) is 14.8. The SMILES string of the molecule is CCC[C@H](N)C(=O)Nc1ccc2c(c1)CCN2C(C)=O. The predicted octanol–water partition coefficient (Wildman–Crippen LogP) is 1.66. The molecule has 1 aromatic carbocycles. The summed E-state index contributed by atoms with van der Waals surface area (Å²) in [6.45, 7) is 4.27. The fraction of sp³-hybridized carbons (Fsp3) is 0.467. The second-order valence-electron chi connectivity index (χ2n) is 5.15. The highest BCUT2D eigenvalue weighted by molar-refractivity contribution is 5.97. The van der Waals surface area contributed by atoms with Crippen LogP contribution in [0.1, 0.15) is 32.3 Å². The van der Waals surface area contributed by atoms with Crippen molar-refractivity contribution in [2.45, 2.75) is 39.2 Å². The van der Waals surface area contributed by atoms with Gasteiger partial charge in [-0.1, -0.05) is 13.3 Å². The van der Waals surface area contributed by atoms with Gasteiger partial charge in [0, 0.05) is 24.8 Å². The zero-order valence-electron chi connectivity index (χ0n) is 12.0. The average Bonchev–Trinajstić information content (AvgIpc) is 2.82. The molecule has 2 rings (SSSR count). The Morgan fingerprint density at radius 2 is 2.20 bits per heavy atom. The van der Waals surface area contributed by atoms with Crippen LogP contribution < -0.4 is 16.0 Å². The molecular formula is C15H21N3O2. The third-order valence-electron chi connectivity index (χ3n) is 3.56. The van der Waals surface area contributed by atoms with E-state index in [1.54, 1.807) is 11.8 Å². The monoisotopic (exact) mass is 275 g/mol. The molecular weight excluding hydrogens is 254 g/mol. The van der Waals surface area contributed by atoms with Crippen molar-refractivity contribution in [3.05, 3.63) is 23.8 Å². The molecule has 1 aliphatic rings. The van der Waals surface area contributed by atoms with Gasteiger partial charge in [0.25, 0.3) is 0 Å². The lowest BCUT2D eigenvalue weighted by Crippen LogP contribution is -2.35. The number of hydrogen-bond donors (Lipinski definition) is 2. The lowest BCUT2D eigenvalue weighted by Gasteiger charge is -2.15. The maximum absolute atomic E-state index is 11.9. The van der Waals surface area contributed by atoms with Gasteiger partial charge in [-0.2, -0.15) is 0 Å². The Morgan fingerprint density at radius 1 is 1.45 bits per heavy atom. The Hall–Kier alpha value is -1.88. The van der Waals surface area contributed by atoms with E-state index < -0.39 is 6.04 Å². The van der Waals surface area contributed by atoms with Crippen LogP contribution in [0.3, 0.4) is 0 Å². The minimum absolute atomic E-state index is 0.0468. The van der Waals surface area contributed by atoms with E-state index >= 15 is 0 Å². The van der Waals surface area contributed by atoms with Crippen LogP contribution in [0, 0.1) is 0 Å². The zero-order valence-corrected chi connectivity index (χ0v) is 12.0. The van der Waals surface area contributed by atoms with Crippen molar-refractivity contribution in [1.82, 2.24) is 0 Å². The van der Waals surface area contributed by atoms with Crippen molar-refractivity contribution < 1.29 is 9.59 Å². The van der Waals surface area contributed by atoms with Gasteiger partial charge in [-0.05, 0) is 36.6 Å². The molecule has 0 aromatic heterocycles. The summed E-state index contributed by atoms with van der Waals surface area (Å²) >= 11 is 0. The molecule has 2 amide bonds. The molecule has 3 N–H and O–H groups in total. The van der Waals surface area contributed by atoms with Gasteiger partial charge in [-0.25, -0.2) is 0 Å². The molecule has 0 saturated heterocycles. The number of amides is 2. The van der Waals surface area contributed by atoms with E-state index in [2.05, 4.69) is 5.32 Å². The van der Waals surface area contributed by atoms with E-state index in [1.807, 2.05) is 25.1 Å². The van der Waals surface area contributed by atoms with Crippen LogP contribution >= 0.6 is 0 Å². The van der Waals surface area contributed by atoms with Crippen LogP contribution in [-0.2, 0) is 16.0 Å². The Labute approximate surface area is 119 Å². The second kappa shape index (κ2) is 6.05. The van der Waals surface area contributed by atoms with Gasteiger partial charge in [-0.15, -0.1) is 0 Å². The summed E-state index contributed by atoms with van der Waals surface area (Å²) < 4.78 is 0. The van der Waals surface area contributed by atoms with E-state index in [1.165, 1.54) is 0 Å². The quantitative estimate of drug-likeness (QED) is 0.877. The number of benzene rings is 1. The molecule has 1 atom stereocenters. The minimum Gasteiger partial charge on any atom is -0.325 e. The van der Waals surface area contributed by atoms with Crippen molar-refractivity contribution in [2.24, 2.45) is 5.73 Å². The average molecular weight is 275 g/mol. The first kappa shape index (κ1) is 14.5. The smallest absolute Gasteiger partial charge is 0.241 e. The van der Waals surface area contributed by atoms with E-state index in [0.29, 0.717) is 13.0 Å². The maximum atomic E-state index is 11.9. The van der Waals surface area contributed by atoms with Crippen LogP contribution in [0.15, 0.2) is 18.2 Å². The number of nitrogens with one attached hydrogen (secondary N) is 1. The minimum atomic E-state index is -0.470. The zero-order chi connectivity index (χ0) is 14.7. The maximum Gasteiger partial charge on any atom is 0.241 e. The molecule has 0 aliphatic carbocycles. The lowest BCUT2D eigenvalue weighted by atomic mass is 10.1. The number of carbonyl (C=O) groups excluding carboxylic acids is 2. The fourth-order valence-electron chi connectivity index (χ4n) is 2.48. The first-order chi connectivity index (χ1) is 9.52. The predicted molar refractivity (Wildman–Crippen MR) is 79.7 cm³/mol. The van der Waals surface area contributed by atoms with Crippen molar-refractivity contribution >= 4 is 23.2 Å². The van der Waals surface area contributed by atoms with Gasteiger partial charge in [0.05, 0.1) is 6.04 Å². The van der Waals surface area contributed by atoms with E-state index in [9.17, 15) is 9.59 Å². The van der Waals surface area contributed by atoms with Gasteiger partial charge in [-0.3, -0.25) is 9.59 Å². The third kappa shape index (κ3) is 2.99. The largest absolute Gasteiger partial charge is 0.325 e. The first-order valence-corrected chi connectivity index (χ1v) is 7.00. The molecule has 1 aliphatic heterocycles. The third-order valence-corrected chi connectivity index (χ3v) is 3.56. The molecule has 0 unspecified atom stereocenters. The van der Waals surface area contributed by atoms with Crippen molar-refractivity contribution in [3.8, 4) is 0 Å². The summed E-state index contributed by atoms with van der Waals surface area (Å²) in [5.74, 6) is -0.112. The van der Waals surface area contributed by atoms with Crippen LogP contribution in [0.25, 0.3) is 0 Å². The van der Waals surface area contributed by atoms with Crippen LogP contribution in [0.5, 0.6) is 0 Å². The molecule has 0 bridgehead atoms. The molecule has 20 heavy (non-hydrogen) atoms. The number of carbonyl (C=O) groups is 2. The number of anilines is 2. The number of nitrogens with two attached hydrogens (primary N) is 1. The van der Waals surface area contributed by atoms with Crippen LogP contribution in [-0.4, -0.2) is 24.4 Å². The number of hydrogen-bond acceptors (Lipinski definition) is 3. The summed E-state index contributed by atoms with van der Waals surface area (Å²) in [6, 6.07) is 5.15. The Kier molecular flexibility index (Phi) is 4.39. The first-order valence-electron chi connectivity index (χ1n) is 7.00. The molecule has 1 heterocycles. The topological polar surface area (TPSA) is 75.4 Å². The fourth-order valence-corrected chi connectivity index (χ4v) is 2.48. The summed E-state index contributed by atoms with van der Waals surface area (Å²) in [5.41, 5.74) is 8.55. The number of fused-ring (bicyclic) bond motifs is 1. The van der Waals surface area contributed by atoms with E-state index in [-0.39, 0.29) is 11.8 Å². The summed E-state index contributed by atoms with van der Waals surface area (Å²) in [4.78, 5) is 25.1. The molecule has 5 nitrogen and oxygen atoms in total. The van der Waals surface area contributed by atoms with Crippen LogP contribution in [0.4, 0.5) is 11.4 Å². The summed E-state index contributed by atoms with van der Waals surface area (Å²) in [5, 5.41) is 2.83. The molecule has 1 aromatic rings. The number of nitrogens with zero attached hydrogens (tertiary/aromatic N) is 1. The molecule has 0 fully saturated rings. The van der Waals surface area contributed by atoms with Gasteiger partial charge in [0.15, 0.2) is 0 Å². The molecule has 0 saturated carbocycles. The second-order valence-corrected chi connectivity index (χ2v) is 5.15. The Bertz CT molecular complexity index is 528. The molecule has 5 heteroatoms. The highest BCUT2D eigenvalue weighted by Crippen LogP contribution is 2.30. The Balaban J connectivity index is 2.09. The number of rotatable bonds is 4. The van der Waals surface area contributed by atoms with Crippen molar-refractivity contribution in [2.75, 3.05) is 16.8 Å². The van der Waals surface area contributed by atoms with Gasteiger partial charge < -0.3 is 16.0 Å². The highest BCUT2D eigenvalue weighted by Gasteiger charge is 2.22. The van der Waals surface area contributed by atoms with Crippen LogP contribution in [0.2, 0.25) is 0 Å². The van der Waals surface area contributed by atoms with Crippen molar-refractivity contribution in [3.63, 3.8) is 0 Å². The van der Waals surface area contributed by atoms with Gasteiger partial charge in [0.2, 0.25) is 11.8 Å². The molecule has 108 valence electrons. The highest BCUT2D eigenvalue weighted by atomic mass is 16.2. The van der Waals surface area contributed by atoms with E-state index in [0.717, 1.165) is 29.8 Å².